The highest BCUT2D eigenvalue weighted by atomic mass is 32.2. The lowest BCUT2D eigenvalue weighted by atomic mass is 10.3. The quantitative estimate of drug-likeness (QED) is 0.643. The van der Waals surface area contributed by atoms with E-state index in [-0.39, 0.29) is 0 Å². The van der Waals surface area contributed by atoms with Gasteiger partial charge in [0.25, 0.3) is 0 Å². The lowest BCUT2D eigenvalue weighted by molar-refractivity contribution is 0.551. The Morgan fingerprint density at radius 3 is 2.69 bits per heavy atom. The monoisotopic (exact) mass is 235 g/mol. The van der Waals surface area contributed by atoms with Gasteiger partial charge in [0.05, 0.1) is 12.3 Å². The Labute approximate surface area is 98.0 Å². The van der Waals surface area contributed by atoms with Crippen molar-refractivity contribution in [1.82, 2.24) is 20.2 Å². The molecule has 0 fully saturated rings. The Morgan fingerprint density at radius 1 is 1.31 bits per heavy atom. The molecule has 0 saturated heterocycles. The number of aryl methyl sites for hydroxylation is 1. The summed E-state index contributed by atoms with van der Waals surface area (Å²) in [4.78, 5) is 2.74. The predicted molar refractivity (Wildman–Crippen MR) is 63.9 cm³/mol. The number of tetrazole rings is 1. The third-order valence-electron chi connectivity index (χ3n) is 2.03. The molecule has 0 atom stereocenters. The fourth-order valence-corrected chi connectivity index (χ4v) is 1.92. The molecular formula is C10H13N5S. The summed E-state index contributed by atoms with van der Waals surface area (Å²) in [6.07, 6.45) is 0. The van der Waals surface area contributed by atoms with Crippen LogP contribution in [0.3, 0.4) is 0 Å². The summed E-state index contributed by atoms with van der Waals surface area (Å²) in [5.41, 5.74) is 6.39. The first-order valence-corrected chi connectivity index (χ1v) is 6.01. The van der Waals surface area contributed by atoms with Gasteiger partial charge < -0.3 is 5.73 Å². The molecule has 0 radical (unpaired) electrons. The highest BCUT2D eigenvalue weighted by Crippen LogP contribution is 2.21. The van der Waals surface area contributed by atoms with Gasteiger partial charge in [-0.1, -0.05) is 0 Å². The first kappa shape index (κ1) is 10.9. The molecule has 2 aromatic rings. The molecule has 2 rings (SSSR count). The topological polar surface area (TPSA) is 69.6 Å². The fraction of sp³-hybridized carbons (Fsp3) is 0.300. The molecule has 84 valence electrons. The van der Waals surface area contributed by atoms with E-state index in [1.807, 2.05) is 31.2 Å². The minimum atomic E-state index is 0.726. The maximum atomic E-state index is 5.61. The molecule has 16 heavy (non-hydrogen) atoms. The highest BCUT2D eigenvalue weighted by Gasteiger charge is 2.02. The average Bonchev–Trinajstić information content (AvgIpc) is 2.76. The zero-order valence-corrected chi connectivity index (χ0v) is 9.81. The largest absolute Gasteiger partial charge is 0.399 e. The van der Waals surface area contributed by atoms with Crippen molar-refractivity contribution >= 4 is 17.4 Å². The molecule has 1 heterocycles. The summed E-state index contributed by atoms with van der Waals surface area (Å²) in [6, 6.07) is 7.76. The normalized spacial score (nSPS) is 10.6. The molecule has 0 spiro atoms. The SMILES string of the molecule is CCn1nnc(CSc2ccc(N)cc2)n1. The van der Waals surface area contributed by atoms with Crippen LogP contribution < -0.4 is 5.73 Å². The number of nitrogens with two attached hydrogens (primary N) is 1. The average molecular weight is 235 g/mol. The van der Waals surface area contributed by atoms with Gasteiger partial charge in [0.2, 0.25) is 0 Å². The van der Waals surface area contributed by atoms with Crippen LogP contribution in [0.1, 0.15) is 12.7 Å². The minimum Gasteiger partial charge on any atom is -0.399 e. The Bertz CT molecular complexity index is 450. The van der Waals surface area contributed by atoms with Crippen molar-refractivity contribution in [3.63, 3.8) is 0 Å². The molecule has 0 aliphatic heterocycles. The molecule has 0 amide bonds. The van der Waals surface area contributed by atoms with E-state index in [4.69, 9.17) is 5.73 Å². The molecule has 2 N–H and O–H groups in total. The van der Waals surface area contributed by atoms with Crippen molar-refractivity contribution < 1.29 is 0 Å². The molecule has 5 nitrogen and oxygen atoms in total. The lowest BCUT2D eigenvalue weighted by Crippen LogP contribution is -1.98. The Morgan fingerprint density at radius 2 is 2.06 bits per heavy atom. The van der Waals surface area contributed by atoms with Crippen LogP contribution in [0.4, 0.5) is 5.69 Å². The van der Waals surface area contributed by atoms with Crippen LogP contribution in [0.25, 0.3) is 0 Å². The second-order valence-corrected chi connectivity index (χ2v) is 4.30. The number of thioether (sulfide) groups is 1. The summed E-state index contributed by atoms with van der Waals surface area (Å²) in [5, 5.41) is 12.1. The maximum absolute atomic E-state index is 5.61. The first-order valence-electron chi connectivity index (χ1n) is 5.03. The Hall–Kier alpha value is -1.56. The van der Waals surface area contributed by atoms with Gasteiger partial charge in [0.1, 0.15) is 0 Å². The van der Waals surface area contributed by atoms with Crippen molar-refractivity contribution in [2.75, 3.05) is 5.73 Å². The van der Waals surface area contributed by atoms with Crippen LogP contribution in [0.2, 0.25) is 0 Å². The van der Waals surface area contributed by atoms with Gasteiger partial charge >= 0.3 is 0 Å². The second-order valence-electron chi connectivity index (χ2n) is 3.25. The van der Waals surface area contributed by atoms with E-state index in [1.165, 1.54) is 0 Å². The van der Waals surface area contributed by atoms with Gasteiger partial charge in [-0.05, 0) is 36.4 Å². The van der Waals surface area contributed by atoms with Crippen molar-refractivity contribution in [2.45, 2.75) is 24.1 Å². The summed E-state index contributed by atoms with van der Waals surface area (Å²) in [7, 11) is 0. The third-order valence-corrected chi connectivity index (χ3v) is 3.03. The molecule has 0 bridgehead atoms. The molecule has 1 aromatic heterocycles. The summed E-state index contributed by atoms with van der Waals surface area (Å²) in [5.74, 6) is 1.48. The van der Waals surface area contributed by atoms with Gasteiger partial charge in [0.15, 0.2) is 5.82 Å². The molecular weight excluding hydrogens is 222 g/mol. The van der Waals surface area contributed by atoms with Crippen molar-refractivity contribution in [3.8, 4) is 0 Å². The molecule has 0 saturated carbocycles. The van der Waals surface area contributed by atoms with Crippen LogP contribution >= 0.6 is 11.8 Å². The van der Waals surface area contributed by atoms with Gasteiger partial charge in [-0.25, -0.2) is 0 Å². The highest BCUT2D eigenvalue weighted by molar-refractivity contribution is 7.98. The molecule has 6 heteroatoms. The van der Waals surface area contributed by atoms with E-state index in [0.29, 0.717) is 0 Å². The standard InChI is InChI=1S/C10H13N5S/c1-2-15-13-10(12-14-15)7-16-9-5-3-8(11)4-6-9/h3-6H,2,7,11H2,1H3. The number of benzene rings is 1. The zero-order valence-electron chi connectivity index (χ0n) is 9.00. The smallest absolute Gasteiger partial charge is 0.185 e. The summed E-state index contributed by atoms with van der Waals surface area (Å²) >= 11 is 1.67. The van der Waals surface area contributed by atoms with Crippen LogP contribution in [0.5, 0.6) is 0 Å². The van der Waals surface area contributed by atoms with Crippen molar-refractivity contribution in [3.05, 3.63) is 30.1 Å². The van der Waals surface area contributed by atoms with E-state index in [0.717, 1.165) is 28.7 Å². The second kappa shape index (κ2) is 4.98. The van der Waals surface area contributed by atoms with Crippen LogP contribution in [-0.2, 0) is 12.3 Å². The van der Waals surface area contributed by atoms with Gasteiger partial charge in [-0.3, -0.25) is 0 Å². The number of hydrogen-bond donors (Lipinski definition) is 1. The molecule has 0 aliphatic rings. The minimum absolute atomic E-state index is 0.726. The Kier molecular flexibility index (Phi) is 3.40. The number of hydrogen-bond acceptors (Lipinski definition) is 5. The van der Waals surface area contributed by atoms with Gasteiger partial charge in [-0.2, -0.15) is 4.80 Å². The van der Waals surface area contributed by atoms with Crippen molar-refractivity contribution in [2.24, 2.45) is 0 Å². The Balaban J connectivity index is 1.94. The lowest BCUT2D eigenvalue weighted by Gasteiger charge is -1.98. The predicted octanol–water partition coefficient (Wildman–Crippen LogP) is 1.57. The van der Waals surface area contributed by atoms with Gasteiger partial charge in [0, 0.05) is 10.6 Å². The summed E-state index contributed by atoms with van der Waals surface area (Å²) in [6.45, 7) is 2.73. The molecule has 0 unspecified atom stereocenters. The summed E-state index contributed by atoms with van der Waals surface area (Å²) < 4.78 is 0. The fourth-order valence-electron chi connectivity index (χ4n) is 1.18. The van der Waals surface area contributed by atoms with Crippen LogP contribution in [0, 0.1) is 0 Å². The third kappa shape index (κ3) is 2.73. The van der Waals surface area contributed by atoms with E-state index in [2.05, 4.69) is 15.4 Å². The number of aromatic nitrogens is 4. The van der Waals surface area contributed by atoms with E-state index in [1.54, 1.807) is 16.6 Å². The van der Waals surface area contributed by atoms with Gasteiger partial charge in [-0.15, -0.1) is 22.0 Å². The number of anilines is 1. The van der Waals surface area contributed by atoms with Crippen LogP contribution in [0.15, 0.2) is 29.2 Å². The first-order chi connectivity index (χ1) is 7.78. The van der Waals surface area contributed by atoms with Crippen LogP contribution in [-0.4, -0.2) is 20.2 Å². The maximum Gasteiger partial charge on any atom is 0.185 e. The number of rotatable bonds is 4. The number of nitrogens with zero attached hydrogens (tertiary/aromatic N) is 4. The molecule has 1 aromatic carbocycles. The zero-order chi connectivity index (χ0) is 11.4. The van der Waals surface area contributed by atoms with E-state index < -0.39 is 0 Å². The van der Waals surface area contributed by atoms with Crippen molar-refractivity contribution in [1.29, 1.82) is 0 Å². The van der Waals surface area contributed by atoms with E-state index >= 15 is 0 Å². The molecule has 0 aliphatic carbocycles. The number of nitrogen functional groups attached to an aromatic ring is 1. The van der Waals surface area contributed by atoms with E-state index in [9.17, 15) is 0 Å².